The largest absolute Gasteiger partial charge is 0.481 e. The summed E-state index contributed by atoms with van der Waals surface area (Å²) in [6.07, 6.45) is 4.56. The van der Waals surface area contributed by atoms with E-state index >= 15 is 0 Å². The maximum absolute atomic E-state index is 10.5. The van der Waals surface area contributed by atoms with Crippen molar-refractivity contribution in [2.45, 2.75) is 38.1 Å². The Hall–Kier alpha value is -1.35. The molecule has 1 unspecified atom stereocenters. The number of carboxylic acid groups (broad SMARTS) is 1. The maximum atomic E-state index is 10.5. The van der Waals surface area contributed by atoms with Crippen molar-refractivity contribution in [1.82, 2.24) is 0 Å². The zero-order valence-electron chi connectivity index (χ0n) is 9.93. The molecule has 0 amide bonds. The van der Waals surface area contributed by atoms with E-state index in [0.29, 0.717) is 12.3 Å². The Morgan fingerprint density at radius 2 is 2.00 bits per heavy atom. The van der Waals surface area contributed by atoms with Crippen molar-refractivity contribution in [3.63, 3.8) is 0 Å². The zero-order chi connectivity index (χ0) is 12.3. The van der Waals surface area contributed by atoms with Gasteiger partial charge in [-0.1, -0.05) is 30.7 Å². The summed E-state index contributed by atoms with van der Waals surface area (Å²) in [5.41, 5.74) is 8.42. The second-order valence-corrected chi connectivity index (χ2v) is 4.85. The summed E-state index contributed by atoms with van der Waals surface area (Å²) < 4.78 is 0. The van der Waals surface area contributed by atoms with Gasteiger partial charge in [0, 0.05) is 12.5 Å². The Morgan fingerprint density at radius 3 is 2.47 bits per heavy atom. The summed E-state index contributed by atoms with van der Waals surface area (Å²) in [6.45, 7) is 0. The lowest BCUT2D eigenvalue weighted by Crippen LogP contribution is -2.26. The van der Waals surface area contributed by atoms with Gasteiger partial charge >= 0.3 is 5.97 Å². The van der Waals surface area contributed by atoms with E-state index in [9.17, 15) is 4.79 Å². The molecule has 0 aliphatic heterocycles. The minimum Gasteiger partial charge on any atom is -0.481 e. The molecule has 0 saturated heterocycles. The lowest BCUT2D eigenvalue weighted by molar-refractivity contribution is -0.136. The highest BCUT2D eigenvalue weighted by Crippen LogP contribution is 2.36. The monoisotopic (exact) mass is 233 g/mol. The molecule has 0 heterocycles. The highest BCUT2D eigenvalue weighted by atomic mass is 16.4. The third kappa shape index (κ3) is 3.07. The van der Waals surface area contributed by atoms with Crippen LogP contribution in [0.5, 0.6) is 0 Å². The molecule has 2 rings (SSSR count). The van der Waals surface area contributed by atoms with Gasteiger partial charge in [-0.15, -0.1) is 0 Å². The van der Waals surface area contributed by atoms with E-state index in [1.165, 1.54) is 24.8 Å². The maximum Gasteiger partial charge on any atom is 0.303 e. The molecule has 0 spiro atoms. The lowest BCUT2D eigenvalue weighted by atomic mass is 9.77. The van der Waals surface area contributed by atoms with Crippen LogP contribution in [0.1, 0.15) is 42.9 Å². The second kappa shape index (κ2) is 5.32. The summed E-state index contributed by atoms with van der Waals surface area (Å²) in [7, 11) is 0. The number of hydrogen-bond acceptors (Lipinski definition) is 2. The smallest absolute Gasteiger partial charge is 0.303 e. The number of aliphatic carboxylic acids is 1. The quantitative estimate of drug-likeness (QED) is 0.821. The summed E-state index contributed by atoms with van der Waals surface area (Å²) >= 11 is 0. The molecule has 0 bridgehead atoms. The molecule has 3 nitrogen and oxygen atoms in total. The number of hydrogen-bond donors (Lipinski definition) is 2. The molecule has 1 aliphatic carbocycles. The van der Waals surface area contributed by atoms with Crippen LogP contribution in [0.25, 0.3) is 0 Å². The molecule has 1 aliphatic rings. The standard InChI is InChI=1S/C14H19NO2/c15-14(11-2-1-3-11)12-7-4-10(5-8-12)6-9-13(16)17/h4-5,7-8,11,14H,1-3,6,9,15H2,(H,16,17). The van der Waals surface area contributed by atoms with Gasteiger partial charge in [0.25, 0.3) is 0 Å². The van der Waals surface area contributed by atoms with E-state index in [0.717, 1.165) is 5.56 Å². The Labute approximate surface area is 102 Å². The van der Waals surface area contributed by atoms with E-state index in [2.05, 4.69) is 0 Å². The highest BCUT2D eigenvalue weighted by Gasteiger charge is 2.25. The molecule has 1 aromatic carbocycles. The average Bonchev–Trinajstić information content (AvgIpc) is 2.24. The van der Waals surface area contributed by atoms with Crippen LogP contribution in [0, 0.1) is 5.92 Å². The summed E-state index contributed by atoms with van der Waals surface area (Å²) in [6, 6.07) is 8.23. The molecule has 3 N–H and O–H groups in total. The number of nitrogens with two attached hydrogens (primary N) is 1. The highest BCUT2D eigenvalue weighted by molar-refractivity contribution is 5.67. The van der Waals surface area contributed by atoms with Gasteiger partial charge in [0.2, 0.25) is 0 Å². The van der Waals surface area contributed by atoms with Crippen molar-refractivity contribution in [3.8, 4) is 0 Å². The van der Waals surface area contributed by atoms with Crippen LogP contribution in [0.2, 0.25) is 0 Å². The van der Waals surface area contributed by atoms with Crippen LogP contribution in [0.3, 0.4) is 0 Å². The van der Waals surface area contributed by atoms with E-state index in [4.69, 9.17) is 10.8 Å². The molecule has 1 aromatic rings. The molecule has 0 radical (unpaired) electrons. The average molecular weight is 233 g/mol. The van der Waals surface area contributed by atoms with Gasteiger partial charge in [0.05, 0.1) is 0 Å². The van der Waals surface area contributed by atoms with E-state index in [1.54, 1.807) is 0 Å². The van der Waals surface area contributed by atoms with Crippen LogP contribution in [-0.4, -0.2) is 11.1 Å². The summed E-state index contributed by atoms with van der Waals surface area (Å²) in [5, 5.41) is 8.61. The van der Waals surface area contributed by atoms with Crippen LogP contribution in [-0.2, 0) is 11.2 Å². The summed E-state index contributed by atoms with van der Waals surface area (Å²) in [5.74, 6) is -0.111. The van der Waals surface area contributed by atoms with Gasteiger partial charge in [0.15, 0.2) is 0 Å². The van der Waals surface area contributed by atoms with Gasteiger partial charge in [-0.05, 0) is 36.3 Å². The number of benzene rings is 1. The Kier molecular flexibility index (Phi) is 3.79. The molecule has 3 heteroatoms. The molecular formula is C14H19NO2. The van der Waals surface area contributed by atoms with E-state index in [1.807, 2.05) is 24.3 Å². The van der Waals surface area contributed by atoms with Crippen molar-refractivity contribution in [3.05, 3.63) is 35.4 Å². The Morgan fingerprint density at radius 1 is 1.35 bits per heavy atom. The molecule has 92 valence electrons. The predicted molar refractivity (Wildman–Crippen MR) is 66.7 cm³/mol. The Balaban J connectivity index is 1.94. The molecule has 1 saturated carbocycles. The number of aryl methyl sites for hydroxylation is 1. The molecule has 17 heavy (non-hydrogen) atoms. The third-order valence-electron chi connectivity index (χ3n) is 3.65. The van der Waals surface area contributed by atoms with Gasteiger partial charge < -0.3 is 10.8 Å². The molecule has 1 fully saturated rings. The third-order valence-corrected chi connectivity index (χ3v) is 3.65. The van der Waals surface area contributed by atoms with Crippen molar-refractivity contribution in [1.29, 1.82) is 0 Å². The first-order chi connectivity index (χ1) is 8.16. The first-order valence-electron chi connectivity index (χ1n) is 6.23. The summed E-state index contributed by atoms with van der Waals surface area (Å²) in [4.78, 5) is 10.5. The number of carboxylic acids is 1. The second-order valence-electron chi connectivity index (χ2n) is 4.85. The topological polar surface area (TPSA) is 63.3 Å². The first kappa shape index (κ1) is 12.1. The van der Waals surface area contributed by atoms with Crippen LogP contribution >= 0.6 is 0 Å². The Bertz CT molecular complexity index is 382. The van der Waals surface area contributed by atoms with Crippen molar-refractivity contribution in [2.24, 2.45) is 11.7 Å². The fraction of sp³-hybridized carbons (Fsp3) is 0.500. The minimum absolute atomic E-state index is 0.150. The normalized spacial score (nSPS) is 17.5. The fourth-order valence-corrected chi connectivity index (χ4v) is 2.23. The van der Waals surface area contributed by atoms with Crippen LogP contribution < -0.4 is 5.73 Å². The van der Waals surface area contributed by atoms with Gasteiger partial charge in [-0.25, -0.2) is 0 Å². The SMILES string of the molecule is NC(c1ccc(CCC(=O)O)cc1)C1CCC1. The van der Waals surface area contributed by atoms with Crippen molar-refractivity contribution in [2.75, 3.05) is 0 Å². The number of carbonyl (C=O) groups is 1. The first-order valence-corrected chi connectivity index (χ1v) is 6.23. The van der Waals surface area contributed by atoms with Gasteiger partial charge in [0.1, 0.15) is 0 Å². The fourth-order valence-electron chi connectivity index (χ4n) is 2.23. The molecule has 1 atom stereocenters. The minimum atomic E-state index is -0.750. The van der Waals surface area contributed by atoms with Crippen LogP contribution in [0.4, 0.5) is 0 Å². The van der Waals surface area contributed by atoms with Crippen molar-refractivity contribution >= 4 is 5.97 Å². The number of rotatable bonds is 5. The molecular weight excluding hydrogens is 214 g/mol. The van der Waals surface area contributed by atoms with Crippen molar-refractivity contribution < 1.29 is 9.90 Å². The van der Waals surface area contributed by atoms with E-state index < -0.39 is 5.97 Å². The van der Waals surface area contributed by atoms with Gasteiger partial charge in [-0.3, -0.25) is 4.79 Å². The van der Waals surface area contributed by atoms with E-state index in [-0.39, 0.29) is 12.5 Å². The zero-order valence-corrected chi connectivity index (χ0v) is 9.93. The van der Waals surface area contributed by atoms with Crippen LogP contribution in [0.15, 0.2) is 24.3 Å². The molecule has 0 aromatic heterocycles. The van der Waals surface area contributed by atoms with Gasteiger partial charge in [-0.2, -0.15) is 0 Å². The lowest BCUT2D eigenvalue weighted by Gasteiger charge is -2.31. The predicted octanol–water partition coefficient (Wildman–Crippen LogP) is 2.50.